The summed E-state index contributed by atoms with van der Waals surface area (Å²) in [7, 11) is 0. The van der Waals surface area contributed by atoms with E-state index in [1.165, 1.54) is 0 Å². The predicted octanol–water partition coefficient (Wildman–Crippen LogP) is 2.37. The molecule has 0 aliphatic carbocycles. The molecule has 1 N–H and O–H groups in total. The van der Waals surface area contributed by atoms with Gasteiger partial charge in [-0.05, 0) is 44.5 Å². The Kier molecular flexibility index (Phi) is 8.24. The molecular formula is C25H31Cl2N5O4. The lowest BCUT2D eigenvalue weighted by atomic mass is 10.0. The fourth-order valence-electron chi connectivity index (χ4n) is 5.43. The molecule has 6 heterocycles. The van der Waals surface area contributed by atoms with E-state index in [0.717, 1.165) is 61.4 Å². The number of fused-ring (bicyclic) bond motifs is 1. The number of rotatable bonds is 5. The van der Waals surface area contributed by atoms with Crippen molar-refractivity contribution in [2.45, 2.75) is 44.4 Å². The van der Waals surface area contributed by atoms with Crippen LogP contribution in [0.2, 0.25) is 0 Å². The van der Waals surface area contributed by atoms with Crippen LogP contribution < -0.4 is 25.9 Å². The molecule has 0 amide bonds. The lowest BCUT2D eigenvalue weighted by molar-refractivity contribution is 0.163. The van der Waals surface area contributed by atoms with Gasteiger partial charge in [-0.1, -0.05) is 0 Å². The zero-order chi connectivity index (χ0) is 23.1. The Morgan fingerprint density at radius 1 is 0.917 bits per heavy atom. The molecule has 36 heavy (non-hydrogen) atoms. The molecule has 0 aromatic carbocycles. The van der Waals surface area contributed by atoms with Gasteiger partial charge in [0, 0.05) is 49.3 Å². The van der Waals surface area contributed by atoms with E-state index in [4.69, 9.17) is 9.47 Å². The van der Waals surface area contributed by atoms with Gasteiger partial charge >= 0.3 is 0 Å². The summed E-state index contributed by atoms with van der Waals surface area (Å²) in [5, 5.41) is 4.58. The van der Waals surface area contributed by atoms with Gasteiger partial charge in [-0.15, -0.1) is 24.8 Å². The highest BCUT2D eigenvalue weighted by molar-refractivity contribution is 5.85. The number of aryl methyl sites for hydroxylation is 1. The summed E-state index contributed by atoms with van der Waals surface area (Å²) in [4.78, 5) is 32.1. The van der Waals surface area contributed by atoms with Crippen LogP contribution in [0.25, 0.3) is 11.0 Å². The summed E-state index contributed by atoms with van der Waals surface area (Å²) >= 11 is 0. The van der Waals surface area contributed by atoms with Crippen molar-refractivity contribution in [2.75, 3.05) is 32.8 Å². The van der Waals surface area contributed by atoms with Crippen molar-refractivity contribution >= 4 is 35.8 Å². The number of halogens is 2. The van der Waals surface area contributed by atoms with Crippen molar-refractivity contribution in [3.05, 3.63) is 62.9 Å². The third-order valence-corrected chi connectivity index (χ3v) is 7.22. The number of hydrogen-bond acceptors (Lipinski definition) is 7. The Labute approximate surface area is 221 Å². The summed E-state index contributed by atoms with van der Waals surface area (Å²) in [5.41, 5.74) is 1.65. The summed E-state index contributed by atoms with van der Waals surface area (Å²) in [6.45, 7) is 5.30. The minimum absolute atomic E-state index is 0. The van der Waals surface area contributed by atoms with Crippen LogP contribution in [0.1, 0.15) is 31.0 Å². The summed E-state index contributed by atoms with van der Waals surface area (Å²) in [6.07, 6.45) is 4.63. The van der Waals surface area contributed by atoms with Crippen molar-refractivity contribution in [1.82, 2.24) is 24.3 Å². The zero-order valence-corrected chi connectivity index (χ0v) is 21.6. The average Bonchev–Trinajstić information content (AvgIpc) is 2.87. The van der Waals surface area contributed by atoms with E-state index >= 15 is 0 Å². The molecule has 3 aromatic rings. The topological polar surface area (TPSA) is 90.6 Å². The first-order chi connectivity index (χ1) is 16.7. The number of nitrogens with zero attached hydrogens (tertiary/aromatic N) is 4. The maximum absolute atomic E-state index is 12.8. The van der Waals surface area contributed by atoms with Crippen molar-refractivity contribution in [2.24, 2.45) is 0 Å². The van der Waals surface area contributed by atoms with Gasteiger partial charge in [0.15, 0.2) is 11.5 Å². The Balaban J connectivity index is 0.00000152. The molecule has 3 aliphatic rings. The lowest BCUT2D eigenvalue weighted by Gasteiger charge is -2.37. The maximum Gasteiger partial charge on any atom is 0.252 e. The highest BCUT2D eigenvalue weighted by atomic mass is 35.5. The SMILES string of the molecule is Cl.Cl.O=c1ccc2ccc(=O)n3c2n1CCC3CN1CCC(NCc2cc3c(cn2)OCCO3)CC1. The second-order valence-electron chi connectivity index (χ2n) is 9.36. The Hall–Kier alpha value is -2.59. The first-order valence-electron chi connectivity index (χ1n) is 12.1. The van der Waals surface area contributed by atoms with Crippen LogP contribution in [-0.2, 0) is 13.1 Å². The average molecular weight is 536 g/mol. The van der Waals surface area contributed by atoms with Crippen LogP contribution >= 0.6 is 24.8 Å². The largest absolute Gasteiger partial charge is 0.486 e. The molecule has 3 aliphatic heterocycles. The fraction of sp³-hybridized carbons (Fsp3) is 0.480. The van der Waals surface area contributed by atoms with Gasteiger partial charge in [0.05, 0.1) is 17.9 Å². The standard InChI is InChI=1S/C25H29N5O4.2ClH/c31-23-3-1-17-2-4-24(32)30-20(7-10-29(23)25(17)30)16-28-8-5-18(6-9-28)26-14-19-13-21-22(15-27-19)34-12-11-33-21;;/h1-4,13,15,18,20,26H,5-12,14,16H2;2*1H. The first-order valence-corrected chi connectivity index (χ1v) is 12.1. The molecule has 1 atom stereocenters. The quantitative estimate of drug-likeness (QED) is 0.536. The summed E-state index contributed by atoms with van der Waals surface area (Å²) in [6, 6.07) is 9.34. The van der Waals surface area contributed by atoms with E-state index in [0.29, 0.717) is 38.1 Å². The van der Waals surface area contributed by atoms with Crippen LogP contribution in [0, 0.1) is 0 Å². The molecule has 0 spiro atoms. The van der Waals surface area contributed by atoms with E-state index in [-0.39, 0.29) is 42.0 Å². The normalized spacial score (nSPS) is 19.4. The van der Waals surface area contributed by atoms with Gasteiger partial charge in [0.25, 0.3) is 11.1 Å². The van der Waals surface area contributed by atoms with Gasteiger partial charge in [-0.2, -0.15) is 0 Å². The third kappa shape index (κ3) is 5.11. The van der Waals surface area contributed by atoms with Gasteiger partial charge in [0.1, 0.15) is 18.9 Å². The van der Waals surface area contributed by atoms with Crippen LogP contribution in [-0.4, -0.2) is 57.9 Å². The zero-order valence-electron chi connectivity index (χ0n) is 19.9. The van der Waals surface area contributed by atoms with Gasteiger partial charge in [0.2, 0.25) is 0 Å². The number of nitrogens with one attached hydrogen (secondary N) is 1. The van der Waals surface area contributed by atoms with Crippen molar-refractivity contribution in [3.8, 4) is 11.5 Å². The number of ether oxygens (including phenoxy) is 2. The van der Waals surface area contributed by atoms with E-state index in [1.807, 2.05) is 22.8 Å². The minimum atomic E-state index is -0.0373. The second kappa shape index (κ2) is 11.2. The highest BCUT2D eigenvalue weighted by Crippen LogP contribution is 2.29. The number of likely N-dealkylation sites (tertiary alicyclic amines) is 1. The number of piperidine rings is 1. The van der Waals surface area contributed by atoms with E-state index in [9.17, 15) is 9.59 Å². The van der Waals surface area contributed by atoms with Crippen LogP contribution in [0.15, 0.2) is 46.1 Å². The maximum atomic E-state index is 12.8. The molecule has 194 valence electrons. The lowest BCUT2D eigenvalue weighted by Crippen LogP contribution is -2.46. The molecule has 11 heteroatoms. The summed E-state index contributed by atoms with van der Waals surface area (Å²) in [5.74, 6) is 1.49. The van der Waals surface area contributed by atoms with E-state index < -0.39 is 0 Å². The molecule has 6 rings (SSSR count). The molecule has 1 fully saturated rings. The van der Waals surface area contributed by atoms with Gasteiger partial charge in [-0.25, -0.2) is 0 Å². The smallest absolute Gasteiger partial charge is 0.252 e. The second-order valence-corrected chi connectivity index (χ2v) is 9.36. The van der Waals surface area contributed by atoms with Crippen LogP contribution in [0.4, 0.5) is 0 Å². The molecule has 1 saturated heterocycles. The Morgan fingerprint density at radius 3 is 2.42 bits per heavy atom. The number of aromatic nitrogens is 3. The number of pyridine rings is 3. The van der Waals surface area contributed by atoms with Gasteiger partial charge < -0.3 is 19.7 Å². The van der Waals surface area contributed by atoms with Crippen LogP contribution in [0.3, 0.4) is 0 Å². The Morgan fingerprint density at radius 2 is 1.64 bits per heavy atom. The Bertz CT molecular complexity index is 1330. The highest BCUT2D eigenvalue weighted by Gasteiger charge is 2.27. The molecule has 0 saturated carbocycles. The summed E-state index contributed by atoms with van der Waals surface area (Å²) < 4.78 is 14.8. The van der Waals surface area contributed by atoms with Gasteiger partial charge in [-0.3, -0.25) is 23.7 Å². The molecule has 0 radical (unpaired) electrons. The van der Waals surface area contributed by atoms with E-state index in [2.05, 4.69) is 15.2 Å². The first kappa shape index (κ1) is 26.5. The van der Waals surface area contributed by atoms with Crippen molar-refractivity contribution < 1.29 is 9.47 Å². The molecule has 9 nitrogen and oxygen atoms in total. The molecule has 3 aromatic heterocycles. The molecular weight excluding hydrogens is 505 g/mol. The van der Waals surface area contributed by atoms with Crippen molar-refractivity contribution in [3.63, 3.8) is 0 Å². The molecule has 0 bridgehead atoms. The van der Waals surface area contributed by atoms with Crippen molar-refractivity contribution in [1.29, 1.82) is 0 Å². The fourth-order valence-corrected chi connectivity index (χ4v) is 5.43. The molecule has 1 unspecified atom stereocenters. The minimum Gasteiger partial charge on any atom is -0.486 e. The number of hydrogen-bond donors (Lipinski definition) is 1. The van der Waals surface area contributed by atoms with Crippen LogP contribution in [0.5, 0.6) is 11.5 Å². The third-order valence-electron chi connectivity index (χ3n) is 7.22. The predicted molar refractivity (Wildman–Crippen MR) is 142 cm³/mol. The monoisotopic (exact) mass is 535 g/mol. The van der Waals surface area contributed by atoms with E-state index in [1.54, 1.807) is 22.9 Å².